The van der Waals surface area contributed by atoms with Gasteiger partial charge in [-0.2, -0.15) is 5.26 Å². The molecule has 5 rings (SSSR count). The van der Waals surface area contributed by atoms with Gasteiger partial charge in [-0.3, -0.25) is 0 Å². The molecule has 0 saturated heterocycles. The third-order valence-corrected chi connectivity index (χ3v) is 8.13. The van der Waals surface area contributed by atoms with Gasteiger partial charge < -0.3 is 19.9 Å². The molecule has 1 aromatic heterocycles. The lowest BCUT2D eigenvalue weighted by molar-refractivity contribution is 0.0740. The molecule has 1 aliphatic heterocycles. The Hall–Kier alpha value is -3.22. The zero-order valence-corrected chi connectivity index (χ0v) is 22.4. The Labute approximate surface area is 228 Å². The molecule has 3 aromatic carbocycles. The molecule has 10 heteroatoms. The summed E-state index contributed by atoms with van der Waals surface area (Å²) in [5.74, 6) is -0.0386. The zero-order valence-electron chi connectivity index (χ0n) is 18.5. The number of nitrogens with two attached hydrogens (primary N) is 1. The minimum Gasteiger partial charge on any atom is -0.496 e. The fourth-order valence-electron chi connectivity index (χ4n) is 4.11. The third-order valence-electron chi connectivity index (χ3n) is 5.70. The first-order chi connectivity index (χ1) is 17.3. The van der Waals surface area contributed by atoms with Crippen molar-refractivity contribution < 1.29 is 19.0 Å². The molecule has 4 aromatic rings. The molecule has 180 valence electrons. The van der Waals surface area contributed by atoms with Gasteiger partial charge in [0.25, 0.3) is 0 Å². The first-order valence-electron chi connectivity index (χ1n) is 10.5. The van der Waals surface area contributed by atoms with Crippen molar-refractivity contribution in [2.45, 2.75) is 5.92 Å². The molecule has 0 bridgehead atoms. The smallest absolute Gasteiger partial charge is 0.355 e. The van der Waals surface area contributed by atoms with Crippen molar-refractivity contribution >= 4 is 66.5 Å². The summed E-state index contributed by atoms with van der Waals surface area (Å²) in [7, 11) is 1.56. The van der Waals surface area contributed by atoms with Crippen LogP contribution in [-0.4, -0.2) is 13.1 Å². The van der Waals surface area contributed by atoms with Crippen molar-refractivity contribution in [2.75, 3.05) is 7.11 Å². The fraction of sp³-hybridized carbons (Fsp3) is 0.0769. The zero-order chi connectivity index (χ0) is 25.6. The van der Waals surface area contributed by atoms with Gasteiger partial charge in [-0.25, -0.2) is 4.79 Å². The van der Waals surface area contributed by atoms with Crippen LogP contribution in [0.3, 0.4) is 0 Å². The number of ether oxygens (including phenoxy) is 3. The van der Waals surface area contributed by atoms with E-state index >= 15 is 0 Å². The number of fused-ring (bicyclic) bond motifs is 2. The summed E-state index contributed by atoms with van der Waals surface area (Å²) in [6, 6.07) is 17.9. The molecular formula is C26H15BrCl2N2O4S. The minimum absolute atomic E-state index is 0.0392. The van der Waals surface area contributed by atoms with Gasteiger partial charge in [-0.05, 0) is 36.4 Å². The molecule has 1 aliphatic rings. The van der Waals surface area contributed by atoms with Gasteiger partial charge in [0.1, 0.15) is 33.8 Å². The fourth-order valence-corrected chi connectivity index (χ4v) is 6.31. The van der Waals surface area contributed by atoms with Crippen LogP contribution in [0.2, 0.25) is 10.0 Å². The number of halogens is 3. The predicted octanol–water partition coefficient (Wildman–Crippen LogP) is 7.42. The molecule has 0 amide bonds. The number of rotatable bonds is 4. The third kappa shape index (κ3) is 4.18. The highest BCUT2D eigenvalue weighted by molar-refractivity contribution is 9.10. The average Bonchev–Trinajstić information content (AvgIpc) is 3.20. The maximum atomic E-state index is 13.0. The second kappa shape index (κ2) is 9.68. The maximum absolute atomic E-state index is 13.0. The molecule has 0 fully saturated rings. The summed E-state index contributed by atoms with van der Waals surface area (Å²) in [6.45, 7) is 0. The van der Waals surface area contributed by atoms with Crippen LogP contribution in [0.25, 0.3) is 10.1 Å². The number of nitrogens with zero attached hydrogens (tertiary/aromatic N) is 1. The lowest BCUT2D eigenvalue weighted by Crippen LogP contribution is -2.21. The van der Waals surface area contributed by atoms with Crippen molar-refractivity contribution in [3.05, 3.63) is 96.6 Å². The molecule has 36 heavy (non-hydrogen) atoms. The average molecular weight is 602 g/mol. The minimum atomic E-state index is -0.625. The van der Waals surface area contributed by atoms with E-state index in [2.05, 4.69) is 22.0 Å². The van der Waals surface area contributed by atoms with Crippen LogP contribution in [0.1, 0.15) is 26.7 Å². The largest absolute Gasteiger partial charge is 0.496 e. The van der Waals surface area contributed by atoms with Crippen LogP contribution >= 0.6 is 50.5 Å². The van der Waals surface area contributed by atoms with Crippen molar-refractivity contribution in [2.24, 2.45) is 5.73 Å². The number of thiophene rings is 1. The Morgan fingerprint density at radius 1 is 1.17 bits per heavy atom. The lowest BCUT2D eigenvalue weighted by Gasteiger charge is -2.27. The molecule has 2 heterocycles. The summed E-state index contributed by atoms with van der Waals surface area (Å²) in [5, 5.41) is 11.2. The number of benzene rings is 3. The molecule has 0 radical (unpaired) electrons. The number of hydrogen-bond donors (Lipinski definition) is 1. The Balaban J connectivity index is 1.53. The Kier molecular flexibility index (Phi) is 6.58. The molecule has 0 saturated carbocycles. The van der Waals surface area contributed by atoms with Crippen molar-refractivity contribution in [1.29, 1.82) is 5.26 Å². The summed E-state index contributed by atoms with van der Waals surface area (Å²) in [5.41, 5.74) is 7.78. The number of allylic oxidation sites excluding steroid dienone is 1. The van der Waals surface area contributed by atoms with Crippen LogP contribution in [-0.2, 0) is 0 Å². The van der Waals surface area contributed by atoms with Crippen LogP contribution in [0.4, 0.5) is 0 Å². The van der Waals surface area contributed by atoms with E-state index in [9.17, 15) is 10.1 Å². The topological polar surface area (TPSA) is 94.6 Å². The predicted molar refractivity (Wildman–Crippen MR) is 143 cm³/mol. The highest BCUT2D eigenvalue weighted by Crippen LogP contribution is 2.47. The second-order valence-corrected chi connectivity index (χ2v) is 10.5. The quantitative estimate of drug-likeness (QED) is 0.193. The molecule has 6 nitrogen and oxygen atoms in total. The summed E-state index contributed by atoms with van der Waals surface area (Å²) in [6.07, 6.45) is 0. The van der Waals surface area contributed by atoms with E-state index in [0.717, 1.165) is 14.7 Å². The molecule has 2 N–H and O–H groups in total. The SMILES string of the molecule is COc1ccc(Br)cc1C1C(C#N)=C(N)Oc2cc(OC(=O)c3sc4cccc(Cl)c4c3Cl)ccc21. The van der Waals surface area contributed by atoms with Gasteiger partial charge >= 0.3 is 5.97 Å². The standard InChI is InChI=1S/C26H15BrCl2N2O4S/c1-33-18-8-5-12(27)9-15(18)21-14-7-6-13(10-19(14)35-25(31)16(21)11-30)34-26(32)24-23(29)22-17(28)3-2-4-20(22)36-24/h2-10,21H,31H2,1H3. The first-order valence-corrected chi connectivity index (χ1v) is 12.8. The van der Waals surface area contributed by atoms with Crippen LogP contribution in [0, 0.1) is 11.3 Å². The van der Waals surface area contributed by atoms with Crippen molar-refractivity contribution in [3.8, 4) is 23.3 Å². The molecule has 1 unspecified atom stereocenters. The number of carbonyl (C=O) groups excluding carboxylic acids is 1. The number of esters is 1. The monoisotopic (exact) mass is 600 g/mol. The highest BCUT2D eigenvalue weighted by Gasteiger charge is 2.33. The first kappa shape index (κ1) is 24.5. The Bertz CT molecular complexity index is 1630. The van der Waals surface area contributed by atoms with Crippen LogP contribution in [0.5, 0.6) is 17.2 Å². The van der Waals surface area contributed by atoms with Gasteiger partial charge in [0.15, 0.2) is 0 Å². The number of methoxy groups -OCH3 is 1. The number of nitriles is 1. The van der Waals surface area contributed by atoms with Crippen molar-refractivity contribution in [3.63, 3.8) is 0 Å². The van der Waals surface area contributed by atoms with Crippen LogP contribution in [0.15, 0.2) is 70.5 Å². The van der Waals surface area contributed by atoms with Crippen LogP contribution < -0.4 is 19.9 Å². The number of hydrogen-bond acceptors (Lipinski definition) is 7. The Morgan fingerprint density at radius 2 is 1.97 bits per heavy atom. The normalized spacial score (nSPS) is 14.7. The van der Waals surface area contributed by atoms with Gasteiger partial charge in [0.05, 0.1) is 23.1 Å². The highest BCUT2D eigenvalue weighted by atomic mass is 79.9. The Morgan fingerprint density at radius 3 is 2.69 bits per heavy atom. The molecule has 0 aliphatic carbocycles. The summed E-state index contributed by atoms with van der Waals surface area (Å²) < 4.78 is 18.5. The molecular weight excluding hydrogens is 587 g/mol. The maximum Gasteiger partial charge on any atom is 0.355 e. The van der Waals surface area contributed by atoms with E-state index < -0.39 is 11.9 Å². The lowest BCUT2D eigenvalue weighted by atomic mass is 9.83. The van der Waals surface area contributed by atoms with Gasteiger partial charge in [-0.1, -0.05) is 51.3 Å². The molecule has 0 spiro atoms. The second-order valence-electron chi connectivity index (χ2n) is 7.76. The van der Waals surface area contributed by atoms with E-state index in [1.807, 2.05) is 18.2 Å². The summed E-state index contributed by atoms with van der Waals surface area (Å²) >= 11 is 17.4. The summed E-state index contributed by atoms with van der Waals surface area (Å²) in [4.78, 5) is 13.2. The molecule has 1 atom stereocenters. The van der Waals surface area contributed by atoms with Gasteiger partial charge in [0, 0.05) is 31.8 Å². The van der Waals surface area contributed by atoms with E-state index in [1.54, 1.807) is 43.5 Å². The van der Waals surface area contributed by atoms with Gasteiger partial charge in [-0.15, -0.1) is 11.3 Å². The van der Waals surface area contributed by atoms with E-state index in [1.165, 1.54) is 11.3 Å². The van der Waals surface area contributed by atoms with Crippen molar-refractivity contribution in [1.82, 2.24) is 0 Å². The van der Waals surface area contributed by atoms with E-state index in [0.29, 0.717) is 27.5 Å². The van der Waals surface area contributed by atoms with Gasteiger partial charge in [0.2, 0.25) is 5.88 Å². The van der Waals surface area contributed by atoms with E-state index in [-0.39, 0.29) is 27.1 Å². The number of carbonyl (C=O) groups is 1. The van der Waals surface area contributed by atoms with E-state index in [4.69, 9.17) is 43.1 Å².